The van der Waals surface area contributed by atoms with E-state index >= 15 is 0 Å². The second-order valence-electron chi connectivity index (χ2n) is 3.03. The Labute approximate surface area is 104 Å². The molecule has 0 bridgehead atoms. The van der Waals surface area contributed by atoms with Gasteiger partial charge in [0.1, 0.15) is 5.82 Å². The zero-order valence-corrected chi connectivity index (χ0v) is 10.5. The first kappa shape index (κ1) is 13.9. The van der Waals surface area contributed by atoms with E-state index in [4.69, 9.17) is 0 Å². The van der Waals surface area contributed by atoms with E-state index in [9.17, 15) is 18.7 Å². The van der Waals surface area contributed by atoms with Crippen molar-refractivity contribution >= 4 is 21.9 Å². The number of halogens is 3. The third-order valence-electron chi connectivity index (χ3n) is 2.07. The molecular formula is C10H9BrF2O4. The highest BCUT2D eigenvalue weighted by atomic mass is 79.9. The van der Waals surface area contributed by atoms with E-state index in [2.05, 4.69) is 25.4 Å². The molecule has 0 saturated carbocycles. The molecule has 1 unspecified atom stereocenters. The molecule has 1 rings (SSSR count). The van der Waals surface area contributed by atoms with Crippen LogP contribution in [0.25, 0.3) is 0 Å². The second-order valence-corrected chi connectivity index (χ2v) is 3.83. The number of hydrogen-bond acceptors (Lipinski definition) is 4. The maximum absolute atomic E-state index is 13.6. The Bertz CT molecular complexity index is 450. The van der Waals surface area contributed by atoms with Crippen LogP contribution >= 0.6 is 15.9 Å². The van der Waals surface area contributed by atoms with Crippen molar-refractivity contribution in [3.63, 3.8) is 0 Å². The SMILES string of the molecule is COC(=O)C(O)c1cc(F)c(Br)c(F)c1OC. The number of methoxy groups -OCH3 is 2. The quantitative estimate of drug-likeness (QED) is 0.685. The Morgan fingerprint density at radius 3 is 2.53 bits per heavy atom. The highest BCUT2D eigenvalue weighted by Gasteiger charge is 2.27. The fraction of sp³-hybridized carbons (Fsp3) is 0.300. The van der Waals surface area contributed by atoms with Gasteiger partial charge < -0.3 is 14.6 Å². The van der Waals surface area contributed by atoms with Crippen LogP contribution in [0.5, 0.6) is 5.75 Å². The van der Waals surface area contributed by atoms with Crippen molar-refractivity contribution in [2.45, 2.75) is 6.10 Å². The largest absolute Gasteiger partial charge is 0.493 e. The van der Waals surface area contributed by atoms with E-state index in [0.717, 1.165) is 20.3 Å². The average molecular weight is 311 g/mol. The number of aliphatic hydroxyl groups is 1. The van der Waals surface area contributed by atoms with Gasteiger partial charge in [0.15, 0.2) is 17.7 Å². The number of ether oxygens (including phenoxy) is 2. The lowest BCUT2D eigenvalue weighted by atomic mass is 10.1. The molecule has 0 saturated heterocycles. The number of aliphatic hydroxyl groups excluding tert-OH is 1. The number of benzene rings is 1. The van der Waals surface area contributed by atoms with E-state index in [1.807, 2.05) is 0 Å². The summed E-state index contributed by atoms with van der Waals surface area (Å²) in [5, 5.41) is 9.54. The van der Waals surface area contributed by atoms with Gasteiger partial charge in [0, 0.05) is 5.56 Å². The summed E-state index contributed by atoms with van der Waals surface area (Å²) in [4.78, 5) is 11.1. The number of rotatable bonds is 3. The fourth-order valence-electron chi connectivity index (χ4n) is 1.25. The number of carbonyl (C=O) groups excluding carboxylic acids is 1. The van der Waals surface area contributed by atoms with E-state index in [1.165, 1.54) is 0 Å². The summed E-state index contributed by atoms with van der Waals surface area (Å²) < 4.78 is 35.4. The molecule has 1 N–H and O–H groups in total. The van der Waals surface area contributed by atoms with Gasteiger partial charge >= 0.3 is 5.97 Å². The van der Waals surface area contributed by atoms with Crippen LogP contribution < -0.4 is 4.74 Å². The molecule has 0 aliphatic carbocycles. The molecule has 0 radical (unpaired) electrons. The van der Waals surface area contributed by atoms with E-state index in [0.29, 0.717) is 0 Å². The van der Waals surface area contributed by atoms with Crippen molar-refractivity contribution in [2.24, 2.45) is 0 Å². The first-order valence-electron chi connectivity index (χ1n) is 4.41. The van der Waals surface area contributed by atoms with Gasteiger partial charge in [-0.15, -0.1) is 0 Å². The van der Waals surface area contributed by atoms with Gasteiger partial charge in [0.05, 0.1) is 18.7 Å². The molecule has 94 valence electrons. The first-order chi connectivity index (χ1) is 7.93. The van der Waals surface area contributed by atoms with E-state index in [1.54, 1.807) is 0 Å². The third kappa shape index (κ3) is 2.55. The molecule has 4 nitrogen and oxygen atoms in total. The summed E-state index contributed by atoms with van der Waals surface area (Å²) in [6.07, 6.45) is -1.81. The van der Waals surface area contributed by atoms with Crippen LogP contribution in [-0.4, -0.2) is 25.3 Å². The fourth-order valence-corrected chi connectivity index (χ4v) is 1.54. The lowest BCUT2D eigenvalue weighted by Crippen LogP contribution is -2.15. The molecule has 1 atom stereocenters. The Kier molecular flexibility index (Phi) is 4.41. The van der Waals surface area contributed by atoms with Gasteiger partial charge in [0.2, 0.25) is 0 Å². The normalized spacial score (nSPS) is 12.1. The summed E-state index contributed by atoms with van der Waals surface area (Å²) >= 11 is 2.68. The Balaban J connectivity index is 3.37. The Hall–Kier alpha value is -1.21. The highest BCUT2D eigenvalue weighted by Crippen LogP contribution is 2.35. The monoisotopic (exact) mass is 310 g/mol. The molecule has 0 spiro atoms. The summed E-state index contributed by atoms with van der Waals surface area (Å²) in [6, 6.07) is 0.799. The minimum Gasteiger partial charge on any atom is -0.493 e. The van der Waals surface area contributed by atoms with Crippen LogP contribution in [0.15, 0.2) is 10.5 Å². The molecule has 0 aromatic heterocycles. The van der Waals surface area contributed by atoms with Crippen molar-refractivity contribution < 1.29 is 28.2 Å². The maximum atomic E-state index is 13.6. The van der Waals surface area contributed by atoms with Crippen molar-refractivity contribution in [3.8, 4) is 5.75 Å². The van der Waals surface area contributed by atoms with Gasteiger partial charge in [-0.3, -0.25) is 0 Å². The molecule has 0 aliphatic rings. The molecule has 1 aromatic rings. The Morgan fingerprint density at radius 1 is 1.47 bits per heavy atom. The van der Waals surface area contributed by atoms with Crippen LogP contribution in [-0.2, 0) is 9.53 Å². The van der Waals surface area contributed by atoms with Crippen molar-refractivity contribution in [1.29, 1.82) is 0 Å². The summed E-state index contributed by atoms with van der Waals surface area (Å²) in [5.41, 5.74) is -0.336. The lowest BCUT2D eigenvalue weighted by molar-refractivity contribution is -0.150. The van der Waals surface area contributed by atoms with Gasteiger partial charge in [-0.25, -0.2) is 13.6 Å². The van der Waals surface area contributed by atoms with Gasteiger partial charge in [0.25, 0.3) is 0 Å². The zero-order chi connectivity index (χ0) is 13.2. The van der Waals surface area contributed by atoms with Crippen LogP contribution in [0.1, 0.15) is 11.7 Å². The number of hydrogen-bond donors (Lipinski definition) is 1. The molecule has 17 heavy (non-hydrogen) atoms. The second kappa shape index (κ2) is 5.42. The topological polar surface area (TPSA) is 55.8 Å². The van der Waals surface area contributed by atoms with Crippen molar-refractivity contribution in [3.05, 3.63) is 27.7 Å². The molecule has 0 aliphatic heterocycles. The molecular weight excluding hydrogens is 302 g/mol. The average Bonchev–Trinajstić information content (AvgIpc) is 2.33. The van der Waals surface area contributed by atoms with Crippen LogP contribution in [0.4, 0.5) is 8.78 Å². The summed E-state index contributed by atoms with van der Waals surface area (Å²) in [6.45, 7) is 0. The standard InChI is InChI=1S/C10H9BrF2O4/c1-16-9-4(8(14)10(15)17-2)3-5(12)6(11)7(9)13/h3,8,14H,1-2H3. The minimum atomic E-state index is -1.81. The molecule has 1 aromatic carbocycles. The van der Waals surface area contributed by atoms with Crippen LogP contribution in [0, 0.1) is 11.6 Å². The predicted octanol–water partition coefficient (Wildman–Crippen LogP) is 1.94. The highest BCUT2D eigenvalue weighted by molar-refractivity contribution is 9.10. The molecule has 0 heterocycles. The van der Waals surface area contributed by atoms with E-state index < -0.39 is 33.9 Å². The van der Waals surface area contributed by atoms with Crippen LogP contribution in [0.2, 0.25) is 0 Å². The predicted molar refractivity (Wildman–Crippen MR) is 57.6 cm³/mol. The number of esters is 1. The van der Waals surface area contributed by atoms with Crippen molar-refractivity contribution in [1.82, 2.24) is 0 Å². The van der Waals surface area contributed by atoms with Gasteiger partial charge in [-0.2, -0.15) is 0 Å². The molecule has 0 amide bonds. The minimum absolute atomic E-state index is 0.336. The first-order valence-corrected chi connectivity index (χ1v) is 5.20. The third-order valence-corrected chi connectivity index (χ3v) is 2.80. The van der Waals surface area contributed by atoms with Crippen LogP contribution in [0.3, 0.4) is 0 Å². The summed E-state index contributed by atoms with van der Waals surface area (Å²) in [7, 11) is 2.18. The molecule has 7 heteroatoms. The lowest BCUT2D eigenvalue weighted by Gasteiger charge is -2.14. The van der Waals surface area contributed by atoms with Gasteiger partial charge in [-0.1, -0.05) is 0 Å². The van der Waals surface area contributed by atoms with Gasteiger partial charge in [-0.05, 0) is 22.0 Å². The van der Waals surface area contributed by atoms with Crippen molar-refractivity contribution in [2.75, 3.05) is 14.2 Å². The Morgan fingerprint density at radius 2 is 2.06 bits per heavy atom. The zero-order valence-electron chi connectivity index (χ0n) is 8.96. The number of carbonyl (C=O) groups is 1. The maximum Gasteiger partial charge on any atom is 0.339 e. The van der Waals surface area contributed by atoms with E-state index in [-0.39, 0.29) is 5.56 Å². The summed E-state index contributed by atoms with van der Waals surface area (Å²) in [5.74, 6) is -3.45. The molecule has 0 fully saturated rings. The smallest absolute Gasteiger partial charge is 0.339 e.